The van der Waals surface area contributed by atoms with Crippen molar-refractivity contribution in [2.75, 3.05) is 46.1 Å². The molecule has 1 unspecified atom stereocenters. The second kappa shape index (κ2) is 12.6. The van der Waals surface area contributed by atoms with Gasteiger partial charge in [-0.3, -0.25) is 0 Å². The first-order valence-electron chi connectivity index (χ1n) is 10.3. The fourth-order valence-corrected chi connectivity index (χ4v) is 2.94. The van der Waals surface area contributed by atoms with Gasteiger partial charge in [0.1, 0.15) is 5.75 Å². The molecule has 1 atom stereocenters. The molecule has 9 heteroatoms. The van der Waals surface area contributed by atoms with Gasteiger partial charge in [0.15, 0.2) is 12.6 Å². The van der Waals surface area contributed by atoms with E-state index in [0.29, 0.717) is 37.1 Å². The Morgan fingerprint density at radius 3 is 2.83 bits per heavy atom. The summed E-state index contributed by atoms with van der Waals surface area (Å²) in [4.78, 5) is 4.48. The van der Waals surface area contributed by atoms with Gasteiger partial charge in [0.05, 0.1) is 19.8 Å². The van der Waals surface area contributed by atoms with E-state index in [9.17, 15) is 13.2 Å². The maximum atomic E-state index is 12.5. The largest absolute Gasteiger partial charge is 0.484 e. The van der Waals surface area contributed by atoms with Crippen LogP contribution in [0.5, 0.6) is 5.75 Å². The average Bonchev–Trinajstić information content (AvgIpc) is 3.21. The molecule has 0 amide bonds. The topological polar surface area (TPSA) is 64.1 Å². The first-order valence-corrected chi connectivity index (χ1v) is 10.3. The van der Waals surface area contributed by atoms with Crippen LogP contribution in [0.1, 0.15) is 30.9 Å². The summed E-state index contributed by atoms with van der Waals surface area (Å²) in [5.74, 6) is 1.31. The fraction of sp³-hybridized carbons (Fsp3) is 0.667. The smallest absolute Gasteiger partial charge is 0.422 e. The SMILES string of the molecule is CCNC(=NCc1ccc(C)cc1OCC(F)(F)F)NCCCOCC1CCOC1. The number of aryl methyl sites for hydroxylation is 1. The number of halogens is 3. The molecule has 0 saturated carbocycles. The number of nitrogens with zero attached hydrogens (tertiary/aromatic N) is 1. The van der Waals surface area contributed by atoms with E-state index in [1.165, 1.54) is 0 Å². The standard InChI is InChI=1S/C21H32F3N3O3/c1-3-25-20(26-8-4-9-28-13-17-7-10-29-14-17)27-12-18-6-5-16(2)11-19(18)30-15-21(22,23)24/h5-6,11,17H,3-4,7-10,12-15H2,1-2H3,(H2,25,26,27). The van der Waals surface area contributed by atoms with E-state index in [2.05, 4.69) is 15.6 Å². The Balaban J connectivity index is 1.81. The van der Waals surface area contributed by atoms with Gasteiger partial charge in [0.2, 0.25) is 0 Å². The van der Waals surface area contributed by atoms with Crippen LogP contribution in [-0.4, -0.2) is 58.3 Å². The first kappa shape index (κ1) is 24.3. The molecule has 1 aliphatic rings. The number of nitrogens with one attached hydrogen (secondary N) is 2. The third-order valence-electron chi connectivity index (χ3n) is 4.50. The molecular weight excluding hydrogens is 399 g/mol. The molecule has 30 heavy (non-hydrogen) atoms. The molecule has 0 aliphatic carbocycles. The summed E-state index contributed by atoms with van der Waals surface area (Å²) in [6.45, 7) is 6.98. The minimum atomic E-state index is -4.38. The van der Waals surface area contributed by atoms with Crippen LogP contribution in [0.4, 0.5) is 13.2 Å². The second-order valence-corrected chi connectivity index (χ2v) is 7.30. The van der Waals surface area contributed by atoms with Crippen molar-refractivity contribution in [3.05, 3.63) is 29.3 Å². The number of alkyl halides is 3. The monoisotopic (exact) mass is 431 g/mol. The van der Waals surface area contributed by atoms with Gasteiger partial charge in [-0.05, 0) is 38.3 Å². The Morgan fingerprint density at radius 2 is 2.13 bits per heavy atom. The molecule has 1 fully saturated rings. The van der Waals surface area contributed by atoms with Crippen LogP contribution in [0, 0.1) is 12.8 Å². The number of aliphatic imine (C=N–C) groups is 1. The third kappa shape index (κ3) is 9.67. The highest BCUT2D eigenvalue weighted by Gasteiger charge is 2.28. The molecule has 0 bridgehead atoms. The van der Waals surface area contributed by atoms with Crippen LogP contribution < -0.4 is 15.4 Å². The van der Waals surface area contributed by atoms with Gasteiger partial charge in [-0.15, -0.1) is 0 Å². The van der Waals surface area contributed by atoms with Crippen LogP contribution >= 0.6 is 0 Å². The molecule has 2 rings (SSSR count). The van der Waals surface area contributed by atoms with Gasteiger partial charge in [-0.2, -0.15) is 13.2 Å². The summed E-state index contributed by atoms with van der Waals surface area (Å²) < 4.78 is 53.5. The molecule has 170 valence electrons. The van der Waals surface area contributed by atoms with Gasteiger partial charge in [-0.25, -0.2) is 4.99 Å². The van der Waals surface area contributed by atoms with Crippen molar-refractivity contribution >= 4 is 5.96 Å². The van der Waals surface area contributed by atoms with Crippen LogP contribution in [0.25, 0.3) is 0 Å². The summed E-state index contributed by atoms with van der Waals surface area (Å²) in [5, 5.41) is 6.36. The minimum Gasteiger partial charge on any atom is -0.484 e. The molecule has 1 aromatic rings. The predicted molar refractivity (Wildman–Crippen MR) is 110 cm³/mol. The van der Waals surface area contributed by atoms with Gasteiger partial charge in [-0.1, -0.05) is 12.1 Å². The summed E-state index contributed by atoms with van der Waals surface area (Å²) in [7, 11) is 0. The zero-order chi connectivity index (χ0) is 21.8. The molecule has 1 aliphatic heterocycles. The molecule has 0 radical (unpaired) electrons. The molecule has 1 heterocycles. The van der Waals surface area contributed by atoms with E-state index in [0.717, 1.165) is 38.2 Å². The number of benzene rings is 1. The lowest BCUT2D eigenvalue weighted by atomic mass is 10.1. The Morgan fingerprint density at radius 1 is 1.30 bits per heavy atom. The van der Waals surface area contributed by atoms with E-state index in [4.69, 9.17) is 14.2 Å². The summed E-state index contributed by atoms with van der Waals surface area (Å²) >= 11 is 0. The lowest BCUT2D eigenvalue weighted by molar-refractivity contribution is -0.153. The summed E-state index contributed by atoms with van der Waals surface area (Å²) in [6.07, 6.45) is -2.50. The Hall–Kier alpha value is -2.00. The van der Waals surface area contributed by atoms with Crippen molar-refractivity contribution in [3.63, 3.8) is 0 Å². The molecule has 2 N–H and O–H groups in total. The third-order valence-corrected chi connectivity index (χ3v) is 4.50. The Kier molecular flexibility index (Phi) is 10.2. The van der Waals surface area contributed by atoms with Crippen molar-refractivity contribution in [2.24, 2.45) is 10.9 Å². The van der Waals surface area contributed by atoms with E-state index in [1.54, 1.807) is 19.1 Å². The predicted octanol–water partition coefficient (Wildman–Crippen LogP) is 3.43. The number of guanidine groups is 1. The average molecular weight is 431 g/mol. The minimum absolute atomic E-state index is 0.205. The van der Waals surface area contributed by atoms with Crippen LogP contribution in [0.2, 0.25) is 0 Å². The van der Waals surface area contributed by atoms with Crippen LogP contribution in [-0.2, 0) is 16.0 Å². The molecule has 6 nitrogen and oxygen atoms in total. The van der Waals surface area contributed by atoms with Gasteiger partial charge < -0.3 is 24.8 Å². The highest BCUT2D eigenvalue weighted by atomic mass is 19.4. The zero-order valence-electron chi connectivity index (χ0n) is 17.7. The summed E-state index contributed by atoms with van der Waals surface area (Å²) in [5.41, 5.74) is 1.43. The Bertz CT molecular complexity index is 663. The van der Waals surface area contributed by atoms with Crippen molar-refractivity contribution < 1.29 is 27.4 Å². The highest BCUT2D eigenvalue weighted by molar-refractivity contribution is 5.79. The van der Waals surface area contributed by atoms with Gasteiger partial charge in [0, 0.05) is 37.8 Å². The first-order chi connectivity index (χ1) is 14.4. The van der Waals surface area contributed by atoms with Gasteiger partial charge in [0.25, 0.3) is 0 Å². The Labute approximate surface area is 176 Å². The quantitative estimate of drug-likeness (QED) is 0.319. The van der Waals surface area contributed by atoms with Crippen molar-refractivity contribution in [1.82, 2.24) is 10.6 Å². The van der Waals surface area contributed by atoms with E-state index < -0.39 is 12.8 Å². The van der Waals surface area contributed by atoms with Crippen molar-refractivity contribution in [1.29, 1.82) is 0 Å². The normalized spacial score (nSPS) is 17.2. The summed E-state index contributed by atoms with van der Waals surface area (Å²) in [6, 6.07) is 5.18. The molecule has 1 aromatic carbocycles. The molecule has 0 aromatic heterocycles. The van der Waals surface area contributed by atoms with E-state index in [1.807, 2.05) is 13.0 Å². The number of ether oxygens (including phenoxy) is 3. The molecular formula is C21H32F3N3O3. The van der Waals surface area contributed by atoms with Crippen molar-refractivity contribution in [2.45, 2.75) is 39.4 Å². The number of hydrogen-bond acceptors (Lipinski definition) is 4. The lowest BCUT2D eigenvalue weighted by Crippen LogP contribution is -2.38. The zero-order valence-corrected chi connectivity index (χ0v) is 17.7. The maximum Gasteiger partial charge on any atom is 0.422 e. The van der Waals surface area contributed by atoms with E-state index in [-0.39, 0.29) is 12.3 Å². The number of hydrogen-bond donors (Lipinski definition) is 2. The lowest BCUT2D eigenvalue weighted by Gasteiger charge is -2.15. The molecule has 0 spiro atoms. The van der Waals surface area contributed by atoms with E-state index >= 15 is 0 Å². The second-order valence-electron chi connectivity index (χ2n) is 7.30. The number of rotatable bonds is 11. The maximum absolute atomic E-state index is 12.5. The van der Waals surface area contributed by atoms with Gasteiger partial charge >= 0.3 is 6.18 Å². The van der Waals surface area contributed by atoms with Crippen LogP contribution in [0.15, 0.2) is 23.2 Å². The highest BCUT2D eigenvalue weighted by Crippen LogP contribution is 2.24. The molecule has 1 saturated heterocycles. The van der Waals surface area contributed by atoms with Crippen molar-refractivity contribution in [3.8, 4) is 5.75 Å². The van der Waals surface area contributed by atoms with Crippen LogP contribution in [0.3, 0.4) is 0 Å². The fourth-order valence-electron chi connectivity index (χ4n) is 2.94.